The van der Waals surface area contributed by atoms with Crippen molar-refractivity contribution in [3.05, 3.63) is 28.8 Å². The van der Waals surface area contributed by atoms with E-state index in [4.69, 9.17) is 16.3 Å². The van der Waals surface area contributed by atoms with Crippen LogP contribution in [0.2, 0.25) is 5.02 Å². The van der Waals surface area contributed by atoms with Crippen molar-refractivity contribution in [1.29, 1.82) is 0 Å². The summed E-state index contributed by atoms with van der Waals surface area (Å²) < 4.78 is 5.62. The molecule has 0 amide bonds. The highest BCUT2D eigenvalue weighted by Gasteiger charge is 2.24. The van der Waals surface area contributed by atoms with E-state index in [2.05, 4.69) is 23.2 Å². The van der Waals surface area contributed by atoms with E-state index in [9.17, 15) is 0 Å². The van der Waals surface area contributed by atoms with Crippen molar-refractivity contribution in [3.8, 4) is 0 Å². The molecule has 1 N–H and O–H groups in total. The van der Waals surface area contributed by atoms with Gasteiger partial charge in [0.25, 0.3) is 0 Å². The number of anilines is 1. The first-order valence-corrected chi connectivity index (χ1v) is 7.49. The van der Waals surface area contributed by atoms with Gasteiger partial charge in [0.1, 0.15) is 0 Å². The highest BCUT2D eigenvalue weighted by molar-refractivity contribution is 6.33. The molecule has 3 rings (SSSR count). The van der Waals surface area contributed by atoms with Crippen LogP contribution in [-0.2, 0) is 11.3 Å². The summed E-state index contributed by atoms with van der Waals surface area (Å²) in [4.78, 5) is 2.36. The second-order valence-corrected chi connectivity index (χ2v) is 5.94. The summed E-state index contributed by atoms with van der Waals surface area (Å²) >= 11 is 6.43. The first kappa shape index (κ1) is 13.2. The molecule has 1 unspecified atom stereocenters. The molecule has 3 nitrogen and oxygen atoms in total. The van der Waals surface area contributed by atoms with Crippen molar-refractivity contribution in [1.82, 2.24) is 5.32 Å². The number of benzene rings is 1. The topological polar surface area (TPSA) is 24.5 Å². The number of nitrogens with one attached hydrogen (secondary N) is 1. The van der Waals surface area contributed by atoms with Gasteiger partial charge in [0, 0.05) is 25.7 Å². The number of nitrogens with zero attached hydrogens (tertiary/aromatic N) is 1. The van der Waals surface area contributed by atoms with Crippen molar-refractivity contribution < 1.29 is 4.74 Å². The molecule has 1 aromatic rings. The van der Waals surface area contributed by atoms with Crippen molar-refractivity contribution in [2.24, 2.45) is 0 Å². The molecule has 1 aromatic carbocycles. The minimum absolute atomic E-state index is 0.272. The molecule has 2 aliphatic rings. The van der Waals surface area contributed by atoms with Crippen LogP contribution in [0.25, 0.3) is 0 Å². The average molecular weight is 281 g/mol. The molecule has 0 aromatic heterocycles. The molecule has 1 saturated heterocycles. The van der Waals surface area contributed by atoms with Crippen LogP contribution in [0, 0.1) is 0 Å². The zero-order valence-corrected chi connectivity index (χ0v) is 12.1. The first-order valence-electron chi connectivity index (χ1n) is 7.11. The number of morpholine rings is 1. The average Bonchev–Trinajstić information content (AvgIpc) is 3.20. The fourth-order valence-corrected chi connectivity index (χ4v) is 2.93. The Labute approximate surface area is 119 Å². The summed E-state index contributed by atoms with van der Waals surface area (Å²) in [6, 6.07) is 6.92. The standard InChI is InChI=1S/C15H21ClN2O/c1-11-10-18(7-8-19-11)15-12(3-2-4-14(15)16)9-17-13-5-6-13/h2-4,11,13,17H,5-10H2,1H3. The molecular weight excluding hydrogens is 260 g/mol. The number of rotatable bonds is 4. The van der Waals surface area contributed by atoms with Crippen LogP contribution in [0.4, 0.5) is 5.69 Å². The van der Waals surface area contributed by atoms with E-state index in [1.165, 1.54) is 24.1 Å². The molecule has 0 bridgehead atoms. The fraction of sp³-hybridized carbons (Fsp3) is 0.600. The Morgan fingerprint density at radius 3 is 3.00 bits per heavy atom. The van der Waals surface area contributed by atoms with E-state index in [-0.39, 0.29) is 6.10 Å². The lowest BCUT2D eigenvalue weighted by Crippen LogP contribution is -2.41. The number of hydrogen-bond donors (Lipinski definition) is 1. The number of halogens is 1. The molecule has 4 heteroatoms. The van der Waals surface area contributed by atoms with Crippen molar-refractivity contribution in [2.75, 3.05) is 24.6 Å². The molecule has 19 heavy (non-hydrogen) atoms. The maximum absolute atomic E-state index is 6.43. The van der Waals surface area contributed by atoms with Gasteiger partial charge in [0.2, 0.25) is 0 Å². The van der Waals surface area contributed by atoms with E-state index < -0.39 is 0 Å². The van der Waals surface area contributed by atoms with Gasteiger partial charge in [0.15, 0.2) is 0 Å². The van der Waals surface area contributed by atoms with Gasteiger partial charge in [-0.05, 0) is 31.4 Å². The highest BCUT2D eigenvalue weighted by Crippen LogP contribution is 2.32. The van der Waals surface area contributed by atoms with Crippen LogP contribution in [0.15, 0.2) is 18.2 Å². The van der Waals surface area contributed by atoms with Crippen LogP contribution in [0.3, 0.4) is 0 Å². The maximum atomic E-state index is 6.43. The maximum Gasteiger partial charge on any atom is 0.0722 e. The lowest BCUT2D eigenvalue weighted by molar-refractivity contribution is 0.0532. The van der Waals surface area contributed by atoms with Gasteiger partial charge in [0.05, 0.1) is 23.4 Å². The van der Waals surface area contributed by atoms with E-state index in [0.717, 1.165) is 37.3 Å². The largest absolute Gasteiger partial charge is 0.375 e. The van der Waals surface area contributed by atoms with Crippen LogP contribution < -0.4 is 10.2 Å². The summed E-state index contributed by atoms with van der Waals surface area (Å²) in [6.07, 6.45) is 2.89. The van der Waals surface area contributed by atoms with Gasteiger partial charge < -0.3 is 15.0 Å². The lowest BCUT2D eigenvalue weighted by atomic mass is 10.1. The third-order valence-corrected chi connectivity index (χ3v) is 4.09. The van der Waals surface area contributed by atoms with Gasteiger partial charge in [-0.25, -0.2) is 0 Å². The second kappa shape index (κ2) is 5.70. The molecule has 0 radical (unpaired) electrons. The van der Waals surface area contributed by atoms with E-state index >= 15 is 0 Å². The quantitative estimate of drug-likeness (QED) is 0.918. The molecule has 1 aliphatic heterocycles. The van der Waals surface area contributed by atoms with E-state index in [1.54, 1.807) is 0 Å². The second-order valence-electron chi connectivity index (χ2n) is 5.53. The lowest BCUT2D eigenvalue weighted by Gasteiger charge is -2.34. The molecule has 0 spiro atoms. The Bertz CT molecular complexity index is 448. The Morgan fingerprint density at radius 2 is 2.26 bits per heavy atom. The first-order chi connectivity index (χ1) is 9.24. The molecular formula is C15H21ClN2O. The normalized spacial score (nSPS) is 23.7. The smallest absolute Gasteiger partial charge is 0.0722 e. The predicted molar refractivity (Wildman–Crippen MR) is 78.9 cm³/mol. The minimum atomic E-state index is 0.272. The van der Waals surface area contributed by atoms with Crippen LogP contribution in [-0.4, -0.2) is 31.8 Å². The van der Waals surface area contributed by atoms with Crippen molar-refractivity contribution in [2.45, 2.75) is 38.5 Å². The number of hydrogen-bond acceptors (Lipinski definition) is 3. The molecule has 1 aliphatic carbocycles. The Kier molecular flexibility index (Phi) is 3.96. The highest BCUT2D eigenvalue weighted by atomic mass is 35.5. The Hall–Kier alpha value is -0.770. The zero-order chi connectivity index (χ0) is 13.2. The third-order valence-electron chi connectivity index (χ3n) is 3.79. The van der Waals surface area contributed by atoms with Crippen LogP contribution in [0.5, 0.6) is 0 Å². The van der Waals surface area contributed by atoms with Crippen LogP contribution >= 0.6 is 11.6 Å². The molecule has 1 heterocycles. The van der Waals surface area contributed by atoms with Gasteiger partial charge in [-0.2, -0.15) is 0 Å². The summed E-state index contributed by atoms with van der Waals surface area (Å²) in [7, 11) is 0. The third kappa shape index (κ3) is 3.22. The van der Waals surface area contributed by atoms with E-state index in [0.29, 0.717) is 0 Å². The van der Waals surface area contributed by atoms with Gasteiger partial charge in [-0.1, -0.05) is 23.7 Å². The minimum Gasteiger partial charge on any atom is -0.375 e. The Morgan fingerprint density at radius 1 is 1.42 bits per heavy atom. The van der Waals surface area contributed by atoms with Crippen molar-refractivity contribution >= 4 is 17.3 Å². The summed E-state index contributed by atoms with van der Waals surface area (Å²) in [5, 5.41) is 4.43. The number of para-hydroxylation sites is 1. The Balaban J connectivity index is 1.80. The van der Waals surface area contributed by atoms with Gasteiger partial charge in [-0.3, -0.25) is 0 Å². The zero-order valence-electron chi connectivity index (χ0n) is 11.4. The molecule has 2 fully saturated rings. The predicted octanol–water partition coefficient (Wildman–Crippen LogP) is 2.82. The molecule has 1 atom stereocenters. The SMILES string of the molecule is CC1CN(c2c(Cl)cccc2CNC2CC2)CCO1. The summed E-state index contributed by atoms with van der Waals surface area (Å²) in [5.74, 6) is 0. The fourth-order valence-electron chi connectivity index (χ4n) is 2.62. The summed E-state index contributed by atoms with van der Waals surface area (Å²) in [5.41, 5.74) is 2.49. The summed E-state index contributed by atoms with van der Waals surface area (Å²) in [6.45, 7) is 5.64. The van der Waals surface area contributed by atoms with E-state index in [1.807, 2.05) is 12.1 Å². The monoisotopic (exact) mass is 280 g/mol. The molecule has 104 valence electrons. The van der Waals surface area contributed by atoms with Crippen LogP contribution in [0.1, 0.15) is 25.3 Å². The molecule has 1 saturated carbocycles. The van der Waals surface area contributed by atoms with Gasteiger partial charge >= 0.3 is 0 Å². The number of ether oxygens (including phenoxy) is 1. The van der Waals surface area contributed by atoms with Gasteiger partial charge in [-0.15, -0.1) is 0 Å². The van der Waals surface area contributed by atoms with Crippen molar-refractivity contribution in [3.63, 3.8) is 0 Å².